The smallest absolute Gasteiger partial charge is 0.192 e. The average Bonchev–Trinajstić information content (AvgIpc) is 2.55. The predicted molar refractivity (Wildman–Crippen MR) is 59.4 cm³/mol. The lowest BCUT2D eigenvalue weighted by atomic mass is 10.1. The zero-order chi connectivity index (χ0) is 11.0. The topological polar surface area (TPSA) is 55.3 Å². The monoisotopic (exact) mass is 205 g/mol. The van der Waals surface area contributed by atoms with Gasteiger partial charge in [-0.3, -0.25) is 4.90 Å². The second-order valence-electron chi connectivity index (χ2n) is 3.87. The van der Waals surface area contributed by atoms with Crippen LogP contribution in [0.4, 0.5) is 0 Å². The van der Waals surface area contributed by atoms with Crippen molar-refractivity contribution in [1.29, 1.82) is 0 Å². The molecule has 0 bridgehead atoms. The number of nitrogens with zero attached hydrogens (tertiary/aromatic N) is 2. The van der Waals surface area contributed by atoms with E-state index in [0.29, 0.717) is 5.89 Å². The van der Waals surface area contributed by atoms with Gasteiger partial charge in [0.25, 0.3) is 0 Å². The number of nitrogens with two attached hydrogens (primary N) is 1. The van der Waals surface area contributed by atoms with Crippen LogP contribution in [0.5, 0.6) is 0 Å². The molecule has 0 radical (unpaired) electrons. The maximum Gasteiger partial charge on any atom is 0.192 e. The summed E-state index contributed by atoms with van der Waals surface area (Å²) in [6.45, 7) is 1.84. The van der Waals surface area contributed by atoms with Crippen molar-refractivity contribution in [3.63, 3.8) is 0 Å². The predicted octanol–water partition coefficient (Wildman–Crippen LogP) is 1.66. The number of benzene rings is 1. The van der Waals surface area contributed by atoms with E-state index in [4.69, 9.17) is 10.2 Å². The van der Waals surface area contributed by atoms with E-state index in [-0.39, 0.29) is 6.17 Å². The van der Waals surface area contributed by atoms with Gasteiger partial charge in [0.1, 0.15) is 5.52 Å². The van der Waals surface area contributed by atoms with Gasteiger partial charge in [-0.05, 0) is 31.8 Å². The number of hydrogen-bond acceptors (Lipinski definition) is 4. The highest BCUT2D eigenvalue weighted by Gasteiger charge is 2.10. The minimum Gasteiger partial charge on any atom is -0.441 e. The maximum absolute atomic E-state index is 6.00. The third-order valence-electron chi connectivity index (χ3n) is 2.42. The number of fused-ring (bicyclic) bond motifs is 1. The molecule has 0 saturated carbocycles. The first kappa shape index (κ1) is 10.1. The molecule has 2 N–H and O–H groups in total. The van der Waals surface area contributed by atoms with Gasteiger partial charge in [0.2, 0.25) is 0 Å². The van der Waals surface area contributed by atoms with E-state index in [0.717, 1.165) is 16.7 Å². The lowest BCUT2D eigenvalue weighted by molar-refractivity contribution is 0.307. The van der Waals surface area contributed by atoms with Crippen LogP contribution in [0.2, 0.25) is 0 Å². The standard InChI is InChI=1S/C11H15N3O/c1-7-13-9-5-4-8(6-10(9)15-7)11(12)14(2)3/h4-6,11H,12H2,1-3H3. The first-order valence-electron chi connectivity index (χ1n) is 4.87. The third-order valence-corrected chi connectivity index (χ3v) is 2.42. The molecule has 0 spiro atoms. The molecule has 0 amide bonds. The fraction of sp³-hybridized carbons (Fsp3) is 0.364. The molecular weight excluding hydrogens is 190 g/mol. The highest BCUT2D eigenvalue weighted by Crippen LogP contribution is 2.20. The Morgan fingerprint density at radius 1 is 1.40 bits per heavy atom. The van der Waals surface area contributed by atoms with Crippen molar-refractivity contribution in [2.75, 3.05) is 14.1 Å². The molecule has 2 aromatic rings. The Hall–Kier alpha value is -1.39. The molecule has 0 aliphatic heterocycles. The minimum absolute atomic E-state index is 0.111. The van der Waals surface area contributed by atoms with E-state index in [1.54, 1.807) is 0 Å². The number of aromatic nitrogens is 1. The Morgan fingerprint density at radius 3 is 2.80 bits per heavy atom. The molecule has 1 heterocycles. The lowest BCUT2D eigenvalue weighted by Gasteiger charge is -2.19. The van der Waals surface area contributed by atoms with Crippen LogP contribution in [0, 0.1) is 6.92 Å². The summed E-state index contributed by atoms with van der Waals surface area (Å²) in [5.41, 5.74) is 8.70. The number of oxazole rings is 1. The summed E-state index contributed by atoms with van der Waals surface area (Å²) < 4.78 is 5.45. The normalized spacial score (nSPS) is 13.7. The van der Waals surface area contributed by atoms with E-state index in [1.807, 2.05) is 44.1 Å². The van der Waals surface area contributed by atoms with Crippen molar-refractivity contribution < 1.29 is 4.42 Å². The van der Waals surface area contributed by atoms with E-state index in [1.165, 1.54) is 0 Å². The van der Waals surface area contributed by atoms with Crippen molar-refractivity contribution in [3.8, 4) is 0 Å². The van der Waals surface area contributed by atoms with Crippen LogP contribution < -0.4 is 5.73 Å². The first-order valence-corrected chi connectivity index (χ1v) is 4.87. The third kappa shape index (κ3) is 1.86. The van der Waals surface area contributed by atoms with Gasteiger partial charge in [0.05, 0.1) is 6.17 Å². The molecule has 1 atom stereocenters. The molecule has 2 rings (SSSR count). The van der Waals surface area contributed by atoms with Crippen molar-refractivity contribution in [2.24, 2.45) is 5.73 Å². The second kappa shape index (κ2) is 3.64. The molecule has 0 aliphatic carbocycles. The largest absolute Gasteiger partial charge is 0.441 e. The van der Waals surface area contributed by atoms with Gasteiger partial charge in [-0.2, -0.15) is 0 Å². The zero-order valence-corrected chi connectivity index (χ0v) is 9.19. The van der Waals surface area contributed by atoms with E-state index < -0.39 is 0 Å². The highest BCUT2D eigenvalue weighted by atomic mass is 16.3. The van der Waals surface area contributed by atoms with Crippen LogP contribution in [0.3, 0.4) is 0 Å². The first-order chi connectivity index (χ1) is 7.08. The molecule has 0 aliphatic rings. The highest BCUT2D eigenvalue weighted by molar-refractivity contribution is 5.73. The van der Waals surface area contributed by atoms with Gasteiger partial charge in [-0.25, -0.2) is 4.98 Å². The van der Waals surface area contributed by atoms with Crippen molar-refractivity contribution in [1.82, 2.24) is 9.88 Å². The quantitative estimate of drug-likeness (QED) is 0.757. The number of hydrogen-bond donors (Lipinski definition) is 1. The summed E-state index contributed by atoms with van der Waals surface area (Å²) in [7, 11) is 3.89. The molecule has 4 nitrogen and oxygen atoms in total. The van der Waals surface area contributed by atoms with Crippen molar-refractivity contribution in [3.05, 3.63) is 29.7 Å². The van der Waals surface area contributed by atoms with Crippen LogP contribution >= 0.6 is 0 Å². The van der Waals surface area contributed by atoms with Crippen molar-refractivity contribution >= 4 is 11.1 Å². The fourth-order valence-electron chi connectivity index (χ4n) is 1.54. The summed E-state index contributed by atoms with van der Waals surface area (Å²) in [6, 6.07) is 5.86. The summed E-state index contributed by atoms with van der Waals surface area (Å²) in [5, 5.41) is 0. The summed E-state index contributed by atoms with van der Waals surface area (Å²) in [4.78, 5) is 6.19. The van der Waals surface area contributed by atoms with Gasteiger partial charge in [-0.15, -0.1) is 0 Å². The molecule has 80 valence electrons. The molecule has 1 aromatic carbocycles. The van der Waals surface area contributed by atoms with Crippen LogP contribution in [0.1, 0.15) is 17.6 Å². The van der Waals surface area contributed by atoms with Gasteiger partial charge in [-0.1, -0.05) is 6.07 Å². The van der Waals surface area contributed by atoms with Gasteiger partial charge in [0, 0.05) is 6.92 Å². The summed E-state index contributed by atoms with van der Waals surface area (Å²) in [6.07, 6.45) is -0.111. The minimum atomic E-state index is -0.111. The average molecular weight is 205 g/mol. The Morgan fingerprint density at radius 2 is 2.13 bits per heavy atom. The Balaban J connectivity index is 2.46. The Kier molecular flexibility index (Phi) is 2.46. The molecular formula is C11H15N3O. The molecule has 4 heteroatoms. The van der Waals surface area contributed by atoms with Crippen LogP contribution in [0.25, 0.3) is 11.1 Å². The van der Waals surface area contributed by atoms with E-state index >= 15 is 0 Å². The molecule has 0 fully saturated rings. The summed E-state index contributed by atoms with van der Waals surface area (Å²) in [5.74, 6) is 0.681. The SMILES string of the molecule is Cc1nc2ccc(C(N)N(C)C)cc2o1. The van der Waals surface area contributed by atoms with Crippen LogP contribution in [-0.2, 0) is 0 Å². The van der Waals surface area contributed by atoms with E-state index in [2.05, 4.69) is 4.98 Å². The van der Waals surface area contributed by atoms with Gasteiger partial charge < -0.3 is 10.2 Å². The Bertz CT molecular complexity index is 476. The zero-order valence-electron chi connectivity index (χ0n) is 9.19. The lowest BCUT2D eigenvalue weighted by Crippen LogP contribution is -2.27. The summed E-state index contributed by atoms with van der Waals surface area (Å²) >= 11 is 0. The number of aryl methyl sites for hydroxylation is 1. The van der Waals surface area contributed by atoms with Gasteiger partial charge >= 0.3 is 0 Å². The fourth-order valence-corrected chi connectivity index (χ4v) is 1.54. The molecule has 1 aromatic heterocycles. The van der Waals surface area contributed by atoms with Gasteiger partial charge in [0.15, 0.2) is 11.5 Å². The number of rotatable bonds is 2. The maximum atomic E-state index is 6.00. The van der Waals surface area contributed by atoms with E-state index in [9.17, 15) is 0 Å². The van der Waals surface area contributed by atoms with Crippen molar-refractivity contribution in [2.45, 2.75) is 13.1 Å². The van der Waals surface area contributed by atoms with Crippen LogP contribution in [0.15, 0.2) is 22.6 Å². The molecule has 1 unspecified atom stereocenters. The second-order valence-corrected chi connectivity index (χ2v) is 3.87. The molecule has 15 heavy (non-hydrogen) atoms. The van der Waals surface area contributed by atoms with Crippen LogP contribution in [-0.4, -0.2) is 24.0 Å². The molecule has 0 saturated heterocycles. The Labute approximate surface area is 88.7 Å².